The smallest absolute Gasteiger partial charge is 0.235 e. The fourth-order valence-corrected chi connectivity index (χ4v) is 3.20. The molecule has 4 rings (SSSR count). The topological polar surface area (TPSA) is 63.8 Å². The second kappa shape index (κ2) is 5.02. The van der Waals surface area contributed by atoms with Crippen LogP contribution in [0.15, 0.2) is 54.7 Å². The van der Waals surface area contributed by atoms with Crippen LogP contribution in [-0.2, 0) is 6.42 Å². The van der Waals surface area contributed by atoms with Crippen LogP contribution in [0.4, 0.5) is 5.69 Å². The lowest BCUT2D eigenvalue weighted by Crippen LogP contribution is -2.15. The maximum Gasteiger partial charge on any atom is 0.235 e. The molecule has 0 aliphatic heterocycles. The number of aryl methyl sites for hydroxylation is 1. The number of aromatic amines is 1. The van der Waals surface area contributed by atoms with Gasteiger partial charge in [0.25, 0.3) is 0 Å². The molecule has 114 valence electrons. The average molecular weight is 303 g/mol. The Morgan fingerprint density at radius 2 is 2.00 bits per heavy atom. The minimum absolute atomic E-state index is 0.0290. The van der Waals surface area contributed by atoms with Gasteiger partial charge in [-0.25, -0.2) is 0 Å². The molecule has 0 aliphatic rings. The van der Waals surface area contributed by atoms with Crippen molar-refractivity contribution in [2.24, 2.45) is 0 Å². The van der Waals surface area contributed by atoms with Gasteiger partial charge in [-0.2, -0.15) is 0 Å². The van der Waals surface area contributed by atoms with Gasteiger partial charge in [0.05, 0.1) is 17.6 Å². The molecule has 3 N–H and O–H groups in total. The van der Waals surface area contributed by atoms with Gasteiger partial charge in [-0.1, -0.05) is 24.3 Å². The van der Waals surface area contributed by atoms with E-state index in [0.29, 0.717) is 12.1 Å². The van der Waals surface area contributed by atoms with E-state index in [1.165, 1.54) is 0 Å². The summed E-state index contributed by atoms with van der Waals surface area (Å²) in [7, 11) is 0. The molecule has 0 atom stereocenters. The largest absolute Gasteiger partial charge is 0.397 e. The van der Waals surface area contributed by atoms with E-state index in [1.807, 2.05) is 61.7 Å². The lowest BCUT2D eigenvalue weighted by molar-refractivity contribution is 0.0917. The van der Waals surface area contributed by atoms with Crippen LogP contribution in [0.2, 0.25) is 0 Å². The minimum Gasteiger partial charge on any atom is -0.397 e. The van der Waals surface area contributed by atoms with Crippen LogP contribution in [-0.4, -0.2) is 15.5 Å². The van der Waals surface area contributed by atoms with Crippen molar-refractivity contribution in [3.05, 3.63) is 66.0 Å². The van der Waals surface area contributed by atoms with E-state index < -0.39 is 0 Å². The first-order valence-corrected chi connectivity index (χ1v) is 7.59. The molecule has 2 aromatic carbocycles. The number of hydrogen-bond acceptors (Lipinski definition) is 2. The third-order valence-corrected chi connectivity index (χ3v) is 4.26. The molecule has 2 aromatic heterocycles. The van der Waals surface area contributed by atoms with Gasteiger partial charge in [-0.05, 0) is 42.1 Å². The van der Waals surface area contributed by atoms with Crippen molar-refractivity contribution in [1.82, 2.24) is 9.55 Å². The predicted molar refractivity (Wildman–Crippen MR) is 93.7 cm³/mol. The molecule has 0 amide bonds. The molecule has 0 aliphatic carbocycles. The van der Waals surface area contributed by atoms with Gasteiger partial charge in [-0.15, -0.1) is 0 Å². The summed E-state index contributed by atoms with van der Waals surface area (Å²) in [6, 6.07) is 15.8. The number of nitrogens with zero attached hydrogens (tertiary/aromatic N) is 1. The summed E-state index contributed by atoms with van der Waals surface area (Å²) in [6.07, 6.45) is 2.24. The number of aromatic nitrogens is 2. The highest BCUT2D eigenvalue weighted by atomic mass is 16.2. The Bertz CT molecular complexity index is 1040. The standard InChI is InChI=1S/C19H17N3O/c1-12-9-15-3-2-4-16(20)19(15)22(12)18(23)11-13-5-6-14-7-8-21-17(14)10-13/h2-10,21H,11,20H2,1H3. The first-order valence-electron chi connectivity index (χ1n) is 7.59. The van der Waals surface area contributed by atoms with Gasteiger partial charge < -0.3 is 10.7 Å². The molecule has 0 radical (unpaired) electrons. The van der Waals surface area contributed by atoms with Crippen LogP contribution in [0.3, 0.4) is 0 Å². The first kappa shape index (κ1) is 13.6. The summed E-state index contributed by atoms with van der Waals surface area (Å²) in [5.41, 5.74) is 10.5. The molecule has 0 saturated carbocycles. The Labute approximate surface area is 133 Å². The molecule has 2 heterocycles. The molecule has 0 fully saturated rings. The van der Waals surface area contributed by atoms with Crippen molar-refractivity contribution >= 4 is 33.4 Å². The van der Waals surface area contributed by atoms with Gasteiger partial charge >= 0.3 is 0 Å². The van der Waals surface area contributed by atoms with E-state index in [9.17, 15) is 4.79 Å². The molecule has 4 heteroatoms. The third kappa shape index (κ3) is 2.19. The zero-order valence-corrected chi connectivity index (χ0v) is 12.8. The Balaban J connectivity index is 1.75. The number of benzene rings is 2. The van der Waals surface area contributed by atoms with Crippen LogP contribution in [0.5, 0.6) is 0 Å². The maximum absolute atomic E-state index is 12.8. The quantitative estimate of drug-likeness (QED) is 0.552. The Hall–Kier alpha value is -3.01. The lowest BCUT2D eigenvalue weighted by Gasteiger charge is -2.09. The van der Waals surface area contributed by atoms with Crippen molar-refractivity contribution < 1.29 is 4.79 Å². The molecule has 0 bridgehead atoms. The predicted octanol–water partition coefficient (Wildman–Crippen LogP) is 3.90. The number of H-pyrrole nitrogens is 1. The Kier molecular flexibility index (Phi) is 2.98. The monoisotopic (exact) mass is 303 g/mol. The molecular weight excluding hydrogens is 286 g/mol. The van der Waals surface area contributed by atoms with Gasteiger partial charge in [0.15, 0.2) is 0 Å². The molecule has 23 heavy (non-hydrogen) atoms. The SMILES string of the molecule is Cc1cc2cccc(N)c2n1C(=O)Cc1ccc2cc[nH]c2c1. The second-order valence-electron chi connectivity index (χ2n) is 5.88. The summed E-state index contributed by atoms with van der Waals surface area (Å²) in [5.74, 6) is 0.0290. The second-order valence-corrected chi connectivity index (χ2v) is 5.88. The van der Waals surface area contributed by atoms with Gasteiger partial charge in [0.2, 0.25) is 5.91 Å². The zero-order chi connectivity index (χ0) is 16.0. The fourth-order valence-electron chi connectivity index (χ4n) is 3.20. The number of anilines is 1. The number of rotatable bonds is 2. The van der Waals surface area contributed by atoms with Gasteiger partial charge in [0.1, 0.15) is 0 Å². The van der Waals surface area contributed by atoms with E-state index in [0.717, 1.165) is 33.1 Å². The highest BCUT2D eigenvalue weighted by Crippen LogP contribution is 2.25. The number of para-hydroxylation sites is 1. The van der Waals surface area contributed by atoms with Crippen molar-refractivity contribution in [2.45, 2.75) is 13.3 Å². The Morgan fingerprint density at radius 3 is 2.87 bits per heavy atom. The summed E-state index contributed by atoms with van der Waals surface area (Å²) in [6.45, 7) is 1.94. The normalized spacial score (nSPS) is 11.3. The summed E-state index contributed by atoms with van der Waals surface area (Å²) in [5, 5.41) is 2.14. The van der Waals surface area contributed by atoms with Crippen molar-refractivity contribution in [3.8, 4) is 0 Å². The number of nitrogens with one attached hydrogen (secondary N) is 1. The van der Waals surface area contributed by atoms with Crippen LogP contribution >= 0.6 is 0 Å². The molecule has 4 aromatic rings. The molecular formula is C19H17N3O. The van der Waals surface area contributed by atoms with Crippen LogP contribution in [0.1, 0.15) is 16.1 Å². The molecule has 0 unspecified atom stereocenters. The van der Waals surface area contributed by atoms with Crippen molar-refractivity contribution in [1.29, 1.82) is 0 Å². The summed E-state index contributed by atoms with van der Waals surface area (Å²) >= 11 is 0. The average Bonchev–Trinajstić information content (AvgIpc) is 3.10. The first-order chi connectivity index (χ1) is 11.1. The minimum atomic E-state index is 0.0290. The van der Waals surface area contributed by atoms with E-state index in [4.69, 9.17) is 5.73 Å². The maximum atomic E-state index is 12.8. The zero-order valence-electron chi connectivity index (χ0n) is 12.8. The van der Waals surface area contributed by atoms with Crippen molar-refractivity contribution in [2.75, 3.05) is 5.73 Å². The van der Waals surface area contributed by atoms with E-state index in [-0.39, 0.29) is 5.91 Å². The summed E-state index contributed by atoms with van der Waals surface area (Å²) in [4.78, 5) is 16.0. The summed E-state index contributed by atoms with van der Waals surface area (Å²) < 4.78 is 1.73. The number of fused-ring (bicyclic) bond motifs is 2. The fraction of sp³-hybridized carbons (Fsp3) is 0.105. The molecule has 0 saturated heterocycles. The third-order valence-electron chi connectivity index (χ3n) is 4.26. The van der Waals surface area contributed by atoms with Crippen LogP contribution in [0.25, 0.3) is 21.8 Å². The van der Waals surface area contributed by atoms with E-state index in [2.05, 4.69) is 4.98 Å². The van der Waals surface area contributed by atoms with Crippen LogP contribution in [0, 0.1) is 6.92 Å². The number of nitrogen functional groups attached to an aromatic ring is 1. The molecule has 4 nitrogen and oxygen atoms in total. The highest BCUT2D eigenvalue weighted by Gasteiger charge is 2.15. The van der Waals surface area contributed by atoms with Crippen molar-refractivity contribution in [3.63, 3.8) is 0 Å². The van der Waals surface area contributed by atoms with E-state index in [1.54, 1.807) is 4.57 Å². The number of carbonyl (C=O) groups excluding carboxylic acids is 1. The Morgan fingerprint density at radius 1 is 1.13 bits per heavy atom. The number of hydrogen-bond donors (Lipinski definition) is 2. The highest BCUT2D eigenvalue weighted by molar-refractivity contribution is 6.00. The molecule has 0 spiro atoms. The lowest BCUT2D eigenvalue weighted by atomic mass is 10.1. The van der Waals surface area contributed by atoms with Gasteiger partial charge in [0, 0.05) is 22.8 Å². The van der Waals surface area contributed by atoms with E-state index >= 15 is 0 Å². The van der Waals surface area contributed by atoms with Crippen LogP contribution < -0.4 is 5.73 Å². The van der Waals surface area contributed by atoms with Gasteiger partial charge in [-0.3, -0.25) is 9.36 Å². The number of nitrogens with two attached hydrogens (primary N) is 1. The number of carbonyl (C=O) groups is 1.